The second-order valence-electron chi connectivity index (χ2n) is 5.06. The molecule has 0 aromatic rings. The van der Waals surface area contributed by atoms with E-state index in [1.165, 1.54) is 0 Å². The lowest BCUT2D eigenvalue weighted by atomic mass is 10.1. The number of rotatable bonds is 9. The van der Waals surface area contributed by atoms with E-state index in [-0.39, 0.29) is 18.0 Å². The Morgan fingerprint density at radius 1 is 1.10 bits per heavy atom. The molecule has 5 nitrogen and oxygen atoms in total. The molecule has 20 heavy (non-hydrogen) atoms. The Kier molecular flexibility index (Phi) is 8.26. The average Bonchev–Trinajstić information content (AvgIpc) is 2.87. The van der Waals surface area contributed by atoms with Crippen LogP contribution in [0.25, 0.3) is 0 Å². The predicted octanol–water partition coefficient (Wildman–Crippen LogP) is 2.14. The maximum absolute atomic E-state index is 11.8. The van der Waals surface area contributed by atoms with Crippen LogP contribution in [0.3, 0.4) is 0 Å². The third kappa shape index (κ3) is 5.90. The summed E-state index contributed by atoms with van der Waals surface area (Å²) >= 11 is 0. The number of hydrogen-bond acceptors (Lipinski definition) is 5. The van der Waals surface area contributed by atoms with E-state index in [2.05, 4.69) is 4.90 Å². The number of unbranched alkanes of at least 4 members (excludes halogenated alkanes) is 2. The van der Waals surface area contributed by atoms with Gasteiger partial charge in [-0.3, -0.25) is 14.5 Å². The molecule has 1 rings (SSSR count). The summed E-state index contributed by atoms with van der Waals surface area (Å²) in [5.41, 5.74) is 0. The van der Waals surface area contributed by atoms with Crippen molar-refractivity contribution in [3.63, 3.8) is 0 Å². The van der Waals surface area contributed by atoms with Crippen molar-refractivity contribution in [2.75, 3.05) is 26.3 Å². The lowest BCUT2D eigenvalue weighted by molar-refractivity contribution is -0.148. The monoisotopic (exact) mass is 285 g/mol. The van der Waals surface area contributed by atoms with Gasteiger partial charge >= 0.3 is 11.9 Å². The quantitative estimate of drug-likeness (QED) is 0.480. The minimum Gasteiger partial charge on any atom is -0.466 e. The van der Waals surface area contributed by atoms with Crippen molar-refractivity contribution in [2.24, 2.45) is 0 Å². The van der Waals surface area contributed by atoms with E-state index >= 15 is 0 Å². The number of nitrogens with zero attached hydrogens (tertiary/aromatic N) is 1. The summed E-state index contributed by atoms with van der Waals surface area (Å²) in [4.78, 5) is 25.2. The molecule has 0 aliphatic carbocycles. The zero-order valence-corrected chi connectivity index (χ0v) is 12.7. The van der Waals surface area contributed by atoms with Crippen LogP contribution in [0.4, 0.5) is 0 Å². The molecule has 5 heteroatoms. The molecular formula is C15H27NO4. The average molecular weight is 285 g/mol. The van der Waals surface area contributed by atoms with Crippen LogP contribution in [0.1, 0.15) is 52.4 Å². The Labute approximate surface area is 121 Å². The molecule has 0 spiro atoms. The highest BCUT2D eigenvalue weighted by Crippen LogP contribution is 2.19. The Morgan fingerprint density at radius 2 is 1.85 bits per heavy atom. The van der Waals surface area contributed by atoms with Crippen LogP contribution < -0.4 is 0 Å². The first-order valence-electron chi connectivity index (χ1n) is 7.75. The van der Waals surface area contributed by atoms with E-state index in [1.54, 1.807) is 0 Å². The van der Waals surface area contributed by atoms with Gasteiger partial charge in [0, 0.05) is 6.42 Å². The minimum atomic E-state index is -0.113. The standard InChI is InChI=1S/C15H27NO4/c1-3-19-14(17)10-6-5-7-11-16-12-8-9-13(16)15(18)20-4-2/h13H,3-12H2,1-2H3. The first-order chi connectivity index (χ1) is 9.69. The lowest BCUT2D eigenvalue weighted by Crippen LogP contribution is -2.37. The molecule has 1 heterocycles. The molecule has 0 aromatic heterocycles. The van der Waals surface area contributed by atoms with Gasteiger partial charge in [0.05, 0.1) is 13.2 Å². The Hall–Kier alpha value is -1.10. The molecule has 0 amide bonds. The molecule has 0 saturated carbocycles. The number of carbonyl (C=O) groups excluding carboxylic acids is 2. The van der Waals surface area contributed by atoms with Crippen molar-refractivity contribution in [2.45, 2.75) is 58.4 Å². The molecular weight excluding hydrogens is 258 g/mol. The second kappa shape index (κ2) is 9.75. The summed E-state index contributed by atoms with van der Waals surface area (Å²) in [6.07, 6.45) is 5.32. The third-order valence-corrected chi connectivity index (χ3v) is 3.55. The van der Waals surface area contributed by atoms with Crippen LogP contribution in [-0.2, 0) is 19.1 Å². The Balaban J connectivity index is 2.14. The fraction of sp³-hybridized carbons (Fsp3) is 0.867. The molecule has 0 N–H and O–H groups in total. The summed E-state index contributed by atoms with van der Waals surface area (Å²) in [6, 6.07) is -0.0555. The summed E-state index contributed by atoms with van der Waals surface area (Å²) in [7, 11) is 0. The zero-order chi connectivity index (χ0) is 14.8. The van der Waals surface area contributed by atoms with Crippen LogP contribution in [-0.4, -0.2) is 49.2 Å². The van der Waals surface area contributed by atoms with Gasteiger partial charge in [0.2, 0.25) is 0 Å². The number of carbonyl (C=O) groups is 2. The van der Waals surface area contributed by atoms with Crippen molar-refractivity contribution < 1.29 is 19.1 Å². The van der Waals surface area contributed by atoms with Gasteiger partial charge in [-0.25, -0.2) is 0 Å². The normalized spacial score (nSPS) is 19.0. The maximum Gasteiger partial charge on any atom is 0.323 e. The first kappa shape index (κ1) is 17.0. The molecule has 1 fully saturated rings. The molecule has 116 valence electrons. The van der Waals surface area contributed by atoms with E-state index in [0.29, 0.717) is 19.6 Å². The van der Waals surface area contributed by atoms with E-state index < -0.39 is 0 Å². The van der Waals surface area contributed by atoms with Crippen LogP contribution >= 0.6 is 0 Å². The zero-order valence-electron chi connectivity index (χ0n) is 12.7. The van der Waals surface area contributed by atoms with Gasteiger partial charge in [0.1, 0.15) is 6.04 Å². The van der Waals surface area contributed by atoms with Gasteiger partial charge in [0.15, 0.2) is 0 Å². The van der Waals surface area contributed by atoms with E-state index in [0.717, 1.165) is 45.2 Å². The number of likely N-dealkylation sites (tertiary alicyclic amines) is 1. The SMILES string of the molecule is CCOC(=O)CCCCCN1CCCC1C(=O)OCC. The largest absolute Gasteiger partial charge is 0.466 e. The van der Waals surface area contributed by atoms with E-state index in [9.17, 15) is 9.59 Å². The molecule has 1 saturated heterocycles. The molecule has 0 aromatic carbocycles. The van der Waals surface area contributed by atoms with Crippen molar-refractivity contribution in [3.05, 3.63) is 0 Å². The smallest absolute Gasteiger partial charge is 0.323 e. The molecule has 1 atom stereocenters. The van der Waals surface area contributed by atoms with E-state index in [4.69, 9.17) is 9.47 Å². The number of hydrogen-bond donors (Lipinski definition) is 0. The highest BCUT2D eigenvalue weighted by atomic mass is 16.5. The van der Waals surface area contributed by atoms with Crippen LogP contribution in [0.15, 0.2) is 0 Å². The fourth-order valence-electron chi connectivity index (χ4n) is 2.59. The Morgan fingerprint density at radius 3 is 2.55 bits per heavy atom. The highest BCUT2D eigenvalue weighted by molar-refractivity contribution is 5.76. The number of esters is 2. The maximum atomic E-state index is 11.8. The van der Waals surface area contributed by atoms with Crippen LogP contribution in [0.2, 0.25) is 0 Å². The summed E-state index contributed by atoms with van der Waals surface area (Å²) < 4.78 is 9.99. The molecule has 1 aliphatic heterocycles. The Bertz CT molecular complexity index is 306. The van der Waals surface area contributed by atoms with Gasteiger partial charge in [0.25, 0.3) is 0 Å². The molecule has 1 unspecified atom stereocenters. The van der Waals surface area contributed by atoms with Gasteiger partial charge in [-0.2, -0.15) is 0 Å². The summed E-state index contributed by atoms with van der Waals surface area (Å²) in [6.45, 7) is 6.44. The molecule has 0 bridgehead atoms. The van der Waals surface area contributed by atoms with Gasteiger partial charge in [-0.1, -0.05) is 6.42 Å². The summed E-state index contributed by atoms with van der Waals surface area (Å²) in [5, 5.41) is 0. The van der Waals surface area contributed by atoms with Crippen molar-refractivity contribution >= 4 is 11.9 Å². The number of ether oxygens (including phenoxy) is 2. The van der Waals surface area contributed by atoms with Gasteiger partial charge in [-0.15, -0.1) is 0 Å². The summed E-state index contributed by atoms with van der Waals surface area (Å²) in [5.74, 6) is -0.199. The lowest BCUT2D eigenvalue weighted by Gasteiger charge is -2.22. The van der Waals surface area contributed by atoms with Crippen molar-refractivity contribution in [1.29, 1.82) is 0 Å². The molecule has 1 aliphatic rings. The molecule has 0 radical (unpaired) electrons. The second-order valence-corrected chi connectivity index (χ2v) is 5.06. The van der Waals surface area contributed by atoms with Gasteiger partial charge < -0.3 is 9.47 Å². The van der Waals surface area contributed by atoms with Crippen molar-refractivity contribution in [3.8, 4) is 0 Å². The van der Waals surface area contributed by atoms with Crippen molar-refractivity contribution in [1.82, 2.24) is 4.90 Å². The fourth-order valence-corrected chi connectivity index (χ4v) is 2.59. The third-order valence-electron chi connectivity index (χ3n) is 3.55. The first-order valence-corrected chi connectivity index (χ1v) is 7.75. The van der Waals surface area contributed by atoms with Crippen LogP contribution in [0.5, 0.6) is 0 Å². The van der Waals surface area contributed by atoms with E-state index in [1.807, 2.05) is 13.8 Å². The van der Waals surface area contributed by atoms with Crippen LogP contribution in [0, 0.1) is 0 Å². The topological polar surface area (TPSA) is 55.8 Å². The van der Waals surface area contributed by atoms with Gasteiger partial charge in [-0.05, 0) is 52.6 Å². The predicted molar refractivity (Wildman–Crippen MR) is 76.3 cm³/mol. The highest BCUT2D eigenvalue weighted by Gasteiger charge is 2.31. The minimum absolute atomic E-state index is 0.0555.